The number of hydrogen-bond donors (Lipinski definition) is 0. The van der Waals surface area contributed by atoms with Gasteiger partial charge in [-0.25, -0.2) is 0 Å². The van der Waals surface area contributed by atoms with E-state index in [4.69, 9.17) is 4.74 Å². The maximum atomic E-state index is 5.35. The molecule has 0 aliphatic rings. The summed E-state index contributed by atoms with van der Waals surface area (Å²) in [5.41, 5.74) is 0.650. The van der Waals surface area contributed by atoms with E-state index in [1.165, 1.54) is 70.6 Å². The molecular weight excluding hydrogens is 232 g/mol. The van der Waals surface area contributed by atoms with Gasteiger partial charge in [0.2, 0.25) is 0 Å². The van der Waals surface area contributed by atoms with Gasteiger partial charge < -0.3 is 4.74 Å². The van der Waals surface area contributed by atoms with Gasteiger partial charge in [-0.2, -0.15) is 0 Å². The molecule has 0 amide bonds. The molecule has 0 aliphatic heterocycles. The van der Waals surface area contributed by atoms with Crippen molar-refractivity contribution in [1.29, 1.82) is 0 Å². The van der Waals surface area contributed by atoms with Gasteiger partial charge >= 0.3 is 0 Å². The summed E-state index contributed by atoms with van der Waals surface area (Å²) < 4.78 is 5.35. The number of ether oxygens (including phenoxy) is 1. The number of hydrogen-bond acceptors (Lipinski definition) is 1. The molecule has 0 atom stereocenters. The number of rotatable bonds is 14. The molecule has 0 heterocycles. The molecule has 0 unspecified atom stereocenters. The first-order valence-corrected chi connectivity index (χ1v) is 8.82. The van der Waals surface area contributed by atoms with Crippen LogP contribution in [0.1, 0.15) is 98.3 Å². The highest BCUT2D eigenvalue weighted by Gasteiger charge is 2.22. The van der Waals surface area contributed by atoms with E-state index in [2.05, 4.69) is 27.7 Å². The minimum absolute atomic E-state index is 0.650. The van der Waals surface area contributed by atoms with E-state index in [1.807, 2.05) is 0 Å². The molecule has 0 rings (SSSR count). The molecule has 0 aliphatic carbocycles. The summed E-state index contributed by atoms with van der Waals surface area (Å²) in [4.78, 5) is 0. The summed E-state index contributed by atoms with van der Waals surface area (Å²) in [5, 5.41) is 0. The van der Waals surface area contributed by atoms with Crippen LogP contribution in [-0.4, -0.2) is 13.2 Å². The second kappa shape index (κ2) is 13.0. The zero-order valence-electron chi connectivity index (χ0n) is 14.1. The van der Waals surface area contributed by atoms with Crippen molar-refractivity contribution in [3.8, 4) is 0 Å². The van der Waals surface area contributed by atoms with Crippen molar-refractivity contribution in [1.82, 2.24) is 0 Å². The first-order chi connectivity index (χ1) is 9.24. The average molecular weight is 271 g/mol. The van der Waals surface area contributed by atoms with Crippen LogP contribution in [0.5, 0.6) is 0 Å². The lowest BCUT2D eigenvalue weighted by molar-refractivity contribution is 0.143. The maximum Gasteiger partial charge on any atom is 0.0465 e. The van der Waals surface area contributed by atoms with Crippen LogP contribution in [0, 0.1) is 5.41 Å². The third kappa shape index (κ3) is 9.49. The van der Waals surface area contributed by atoms with E-state index in [1.54, 1.807) is 0 Å². The molecule has 0 radical (unpaired) electrons. The number of unbranched alkanes of at least 4 members (excludes halogenated alkanes) is 6. The minimum Gasteiger partial charge on any atom is -0.382 e. The summed E-state index contributed by atoms with van der Waals surface area (Å²) in [6.07, 6.45) is 15.2. The maximum absolute atomic E-state index is 5.35. The molecule has 0 spiro atoms. The van der Waals surface area contributed by atoms with E-state index in [0.717, 1.165) is 13.2 Å². The van der Waals surface area contributed by atoms with E-state index >= 15 is 0 Å². The molecule has 0 aromatic rings. The molecule has 0 N–H and O–H groups in total. The Balaban J connectivity index is 3.35. The van der Waals surface area contributed by atoms with Gasteiger partial charge in [-0.15, -0.1) is 0 Å². The minimum atomic E-state index is 0.650. The Bertz CT molecular complexity index is 164. The molecule has 0 aromatic heterocycles. The summed E-state index contributed by atoms with van der Waals surface area (Å²) in [6, 6.07) is 0. The molecule has 19 heavy (non-hydrogen) atoms. The Labute approximate surface area is 122 Å². The highest BCUT2D eigenvalue weighted by Crippen LogP contribution is 2.36. The Morgan fingerprint density at radius 1 is 0.632 bits per heavy atom. The smallest absolute Gasteiger partial charge is 0.0465 e. The van der Waals surface area contributed by atoms with Crippen molar-refractivity contribution < 1.29 is 4.74 Å². The van der Waals surface area contributed by atoms with Crippen LogP contribution in [0.25, 0.3) is 0 Å². The fourth-order valence-electron chi connectivity index (χ4n) is 3.01. The molecule has 0 aromatic carbocycles. The molecule has 116 valence electrons. The molecular formula is C18H38O. The SMILES string of the molecule is CCOCCCCCCCCCC(CC)(CC)CC. The largest absolute Gasteiger partial charge is 0.382 e. The lowest BCUT2D eigenvalue weighted by atomic mass is 9.75. The molecule has 0 fully saturated rings. The molecule has 1 heteroatoms. The Kier molecular flexibility index (Phi) is 12.9. The van der Waals surface area contributed by atoms with Gasteiger partial charge in [0.1, 0.15) is 0 Å². The monoisotopic (exact) mass is 270 g/mol. The fourth-order valence-corrected chi connectivity index (χ4v) is 3.01. The highest BCUT2D eigenvalue weighted by molar-refractivity contribution is 4.74. The van der Waals surface area contributed by atoms with Crippen LogP contribution in [0.15, 0.2) is 0 Å². The van der Waals surface area contributed by atoms with Crippen molar-refractivity contribution in [3.05, 3.63) is 0 Å². The van der Waals surface area contributed by atoms with Crippen molar-refractivity contribution in [2.45, 2.75) is 98.3 Å². The third-order valence-corrected chi connectivity index (χ3v) is 4.95. The second-order valence-corrected chi connectivity index (χ2v) is 5.98. The Hall–Kier alpha value is -0.0400. The van der Waals surface area contributed by atoms with Gasteiger partial charge in [0.15, 0.2) is 0 Å². The van der Waals surface area contributed by atoms with Crippen molar-refractivity contribution in [2.75, 3.05) is 13.2 Å². The zero-order valence-corrected chi connectivity index (χ0v) is 14.1. The average Bonchev–Trinajstić information content (AvgIpc) is 2.46. The summed E-state index contributed by atoms with van der Waals surface area (Å²) >= 11 is 0. The second-order valence-electron chi connectivity index (χ2n) is 5.98. The van der Waals surface area contributed by atoms with Gasteiger partial charge in [-0.1, -0.05) is 78.6 Å². The Morgan fingerprint density at radius 3 is 1.58 bits per heavy atom. The fraction of sp³-hybridized carbons (Fsp3) is 1.00. The van der Waals surface area contributed by atoms with Crippen LogP contribution in [0.3, 0.4) is 0 Å². The summed E-state index contributed by atoms with van der Waals surface area (Å²) in [7, 11) is 0. The van der Waals surface area contributed by atoms with E-state index in [0.29, 0.717) is 5.41 Å². The quantitative estimate of drug-likeness (QED) is 0.334. The predicted molar refractivity (Wildman–Crippen MR) is 86.7 cm³/mol. The lowest BCUT2D eigenvalue weighted by Gasteiger charge is -2.30. The van der Waals surface area contributed by atoms with E-state index < -0.39 is 0 Å². The highest BCUT2D eigenvalue weighted by atomic mass is 16.5. The van der Waals surface area contributed by atoms with Crippen molar-refractivity contribution in [3.63, 3.8) is 0 Å². The topological polar surface area (TPSA) is 9.23 Å². The van der Waals surface area contributed by atoms with Crippen LogP contribution >= 0.6 is 0 Å². The van der Waals surface area contributed by atoms with Gasteiger partial charge in [0.05, 0.1) is 0 Å². The molecule has 1 nitrogen and oxygen atoms in total. The zero-order chi connectivity index (χ0) is 14.4. The van der Waals surface area contributed by atoms with Crippen LogP contribution in [-0.2, 0) is 4.74 Å². The van der Waals surface area contributed by atoms with Crippen molar-refractivity contribution in [2.24, 2.45) is 5.41 Å². The van der Waals surface area contributed by atoms with Crippen molar-refractivity contribution >= 4 is 0 Å². The Morgan fingerprint density at radius 2 is 1.11 bits per heavy atom. The normalized spacial score (nSPS) is 12.0. The van der Waals surface area contributed by atoms with Gasteiger partial charge in [0.25, 0.3) is 0 Å². The molecule has 0 saturated heterocycles. The van der Waals surface area contributed by atoms with E-state index in [-0.39, 0.29) is 0 Å². The standard InChI is InChI=1S/C18H38O/c1-5-18(6-2,7-3)16-14-12-10-9-11-13-15-17-19-8-4/h5-17H2,1-4H3. The van der Waals surface area contributed by atoms with Gasteiger partial charge in [0, 0.05) is 13.2 Å². The summed E-state index contributed by atoms with van der Waals surface area (Å²) in [6.45, 7) is 11.0. The lowest BCUT2D eigenvalue weighted by Crippen LogP contribution is -2.17. The first-order valence-electron chi connectivity index (χ1n) is 8.82. The first kappa shape index (κ1) is 19.0. The van der Waals surface area contributed by atoms with E-state index in [9.17, 15) is 0 Å². The van der Waals surface area contributed by atoms with Crippen LogP contribution < -0.4 is 0 Å². The third-order valence-electron chi connectivity index (χ3n) is 4.95. The van der Waals surface area contributed by atoms with Gasteiger partial charge in [-0.3, -0.25) is 0 Å². The van der Waals surface area contributed by atoms with Crippen LogP contribution in [0.4, 0.5) is 0 Å². The predicted octanol–water partition coefficient (Wildman–Crippen LogP) is 6.36. The van der Waals surface area contributed by atoms with Crippen LogP contribution in [0.2, 0.25) is 0 Å². The molecule has 0 saturated carbocycles. The summed E-state index contributed by atoms with van der Waals surface area (Å²) in [5.74, 6) is 0. The van der Waals surface area contributed by atoms with Gasteiger partial charge in [-0.05, 0) is 25.2 Å². The molecule has 0 bridgehead atoms.